The van der Waals surface area contributed by atoms with E-state index in [1.807, 2.05) is 0 Å². The largest absolute Gasteiger partial charge is 0.478 e. The maximum Gasteiger partial charge on any atom is 0.337 e. The molecule has 27 heavy (non-hydrogen) atoms. The molecule has 9 nitrogen and oxygen atoms in total. The van der Waals surface area contributed by atoms with E-state index in [1.165, 1.54) is 42.5 Å². The van der Waals surface area contributed by atoms with E-state index >= 15 is 0 Å². The lowest BCUT2D eigenvalue weighted by Gasteiger charge is -2.10. The Hall–Kier alpha value is -4.01. The molecule has 2 aromatic carbocycles. The fraction of sp³-hybridized carbons (Fsp3) is 0.0556. The number of carbonyl (C=O) groups excluding carboxylic acids is 2. The van der Waals surface area contributed by atoms with Crippen molar-refractivity contribution < 1.29 is 29.4 Å². The third-order valence-corrected chi connectivity index (χ3v) is 3.40. The molecule has 0 heterocycles. The minimum absolute atomic E-state index is 0.00474. The van der Waals surface area contributed by atoms with Crippen molar-refractivity contribution in [2.24, 2.45) is 5.10 Å². The number of nitrogens with one attached hydrogen (secondary N) is 2. The summed E-state index contributed by atoms with van der Waals surface area (Å²) < 4.78 is 0. The number of nitrogens with zero attached hydrogens (tertiary/aromatic N) is 1. The molecule has 2 aromatic rings. The van der Waals surface area contributed by atoms with Gasteiger partial charge in [-0.25, -0.2) is 9.59 Å². The Bertz CT molecular complexity index is 952. The fourth-order valence-corrected chi connectivity index (χ4v) is 2.13. The molecule has 2 rings (SSSR count). The summed E-state index contributed by atoms with van der Waals surface area (Å²) in [6.45, 7) is 1.10. The van der Waals surface area contributed by atoms with Crippen LogP contribution in [-0.4, -0.2) is 39.6 Å². The third kappa shape index (κ3) is 4.75. The number of para-hydroxylation sites is 2. The summed E-state index contributed by atoms with van der Waals surface area (Å²) in [5.74, 6) is -4.09. The second kappa shape index (κ2) is 8.39. The lowest BCUT2D eigenvalue weighted by molar-refractivity contribution is -0.114. The number of hydrogen-bond donors (Lipinski definition) is 4. The number of benzene rings is 2. The van der Waals surface area contributed by atoms with E-state index in [0.717, 1.165) is 6.92 Å². The first kappa shape index (κ1) is 19.3. The summed E-state index contributed by atoms with van der Waals surface area (Å²) >= 11 is 0. The number of rotatable bonds is 7. The van der Waals surface area contributed by atoms with Crippen LogP contribution in [0, 0.1) is 0 Å². The molecule has 0 bridgehead atoms. The Kier molecular flexibility index (Phi) is 6.00. The zero-order valence-electron chi connectivity index (χ0n) is 14.1. The van der Waals surface area contributed by atoms with E-state index in [2.05, 4.69) is 15.8 Å². The van der Waals surface area contributed by atoms with Gasteiger partial charge in [0.1, 0.15) is 0 Å². The average Bonchev–Trinajstić information content (AvgIpc) is 2.62. The molecule has 138 valence electrons. The van der Waals surface area contributed by atoms with Gasteiger partial charge in [-0.1, -0.05) is 24.3 Å². The normalized spacial score (nSPS) is 10.8. The zero-order chi connectivity index (χ0) is 20.0. The second-order valence-electron chi connectivity index (χ2n) is 5.28. The zero-order valence-corrected chi connectivity index (χ0v) is 14.1. The van der Waals surface area contributed by atoms with Gasteiger partial charge in [0, 0.05) is 6.92 Å². The van der Waals surface area contributed by atoms with Gasteiger partial charge in [-0.05, 0) is 24.3 Å². The van der Waals surface area contributed by atoms with Crippen molar-refractivity contribution in [3.05, 3.63) is 59.7 Å². The van der Waals surface area contributed by atoms with Gasteiger partial charge in [0.25, 0.3) is 5.91 Å². The maximum absolute atomic E-state index is 12.4. The molecule has 0 aromatic heterocycles. The van der Waals surface area contributed by atoms with E-state index < -0.39 is 29.3 Å². The summed E-state index contributed by atoms with van der Waals surface area (Å²) in [5.41, 5.74) is 1.67. The number of hydrogen-bond acceptors (Lipinski definition) is 6. The summed E-state index contributed by atoms with van der Waals surface area (Å²) in [6, 6.07) is 11.5. The van der Waals surface area contributed by atoms with Crippen molar-refractivity contribution >= 4 is 40.7 Å². The number of amides is 1. The Balaban J connectivity index is 2.29. The molecule has 1 amide bonds. The predicted octanol–water partition coefficient (Wildman–Crippen LogP) is 2.08. The number of Topliss-reactive ketones (excluding diaryl/α,β-unsaturated/α-hetero) is 1. The first-order valence-electron chi connectivity index (χ1n) is 7.62. The second-order valence-corrected chi connectivity index (χ2v) is 5.28. The number of carboxylic acids is 2. The minimum atomic E-state index is -1.25. The van der Waals surface area contributed by atoms with Crippen LogP contribution in [0.1, 0.15) is 27.6 Å². The SMILES string of the molecule is CC(=O)/C(=N/Nc1ccccc1C(=O)O)C(=O)Nc1ccccc1C(=O)O. The van der Waals surface area contributed by atoms with Crippen LogP contribution in [0.2, 0.25) is 0 Å². The fourth-order valence-electron chi connectivity index (χ4n) is 2.13. The van der Waals surface area contributed by atoms with Crippen molar-refractivity contribution in [2.75, 3.05) is 10.7 Å². The van der Waals surface area contributed by atoms with E-state index in [4.69, 9.17) is 10.2 Å². The first-order valence-corrected chi connectivity index (χ1v) is 7.62. The first-order chi connectivity index (χ1) is 12.8. The molecule has 0 radical (unpaired) electrons. The summed E-state index contributed by atoms with van der Waals surface area (Å²) in [6.07, 6.45) is 0. The Morgan fingerprint density at radius 3 is 1.81 bits per heavy atom. The van der Waals surface area contributed by atoms with Crippen molar-refractivity contribution in [1.29, 1.82) is 0 Å². The monoisotopic (exact) mass is 369 g/mol. The number of hydrazone groups is 1. The van der Waals surface area contributed by atoms with Crippen LogP contribution in [0.25, 0.3) is 0 Å². The predicted molar refractivity (Wildman–Crippen MR) is 97.2 cm³/mol. The van der Waals surface area contributed by atoms with Crippen LogP contribution in [0.3, 0.4) is 0 Å². The highest BCUT2D eigenvalue weighted by Gasteiger charge is 2.20. The summed E-state index contributed by atoms with van der Waals surface area (Å²) in [4.78, 5) is 46.5. The van der Waals surface area contributed by atoms with Crippen molar-refractivity contribution in [3.63, 3.8) is 0 Å². The van der Waals surface area contributed by atoms with E-state index in [-0.39, 0.29) is 22.5 Å². The molecule has 0 aliphatic carbocycles. The molecular formula is C18H15N3O6. The van der Waals surface area contributed by atoms with Crippen molar-refractivity contribution in [1.82, 2.24) is 0 Å². The van der Waals surface area contributed by atoms with Gasteiger partial charge < -0.3 is 15.5 Å². The summed E-state index contributed by atoms with van der Waals surface area (Å²) in [7, 11) is 0. The molecule has 4 N–H and O–H groups in total. The van der Waals surface area contributed by atoms with Crippen LogP contribution in [0.4, 0.5) is 11.4 Å². The average molecular weight is 369 g/mol. The topological polar surface area (TPSA) is 145 Å². The van der Waals surface area contributed by atoms with Crippen LogP contribution in [-0.2, 0) is 9.59 Å². The van der Waals surface area contributed by atoms with Crippen molar-refractivity contribution in [2.45, 2.75) is 6.92 Å². The lowest BCUT2D eigenvalue weighted by Crippen LogP contribution is -2.30. The standard InChI is InChI=1S/C18H15N3O6/c1-10(22)15(21-20-14-9-5-3-7-12(14)18(26)27)16(23)19-13-8-4-2-6-11(13)17(24)25/h2-9,20H,1H3,(H,19,23)(H,24,25)(H,26,27)/b21-15-. The van der Waals surface area contributed by atoms with Gasteiger partial charge in [-0.15, -0.1) is 0 Å². The number of ketones is 1. The van der Waals surface area contributed by atoms with Gasteiger partial charge in [-0.3, -0.25) is 15.0 Å². The Morgan fingerprint density at radius 1 is 0.815 bits per heavy atom. The van der Waals surface area contributed by atoms with Crippen LogP contribution in [0.15, 0.2) is 53.6 Å². The lowest BCUT2D eigenvalue weighted by atomic mass is 10.1. The van der Waals surface area contributed by atoms with Crippen LogP contribution >= 0.6 is 0 Å². The highest BCUT2D eigenvalue weighted by Crippen LogP contribution is 2.16. The summed E-state index contributed by atoms with van der Waals surface area (Å²) in [5, 5.41) is 24.3. The van der Waals surface area contributed by atoms with Gasteiger partial charge in [0.05, 0.1) is 22.5 Å². The molecule has 0 aliphatic heterocycles. The Labute approximate surface area is 153 Å². The minimum Gasteiger partial charge on any atom is -0.478 e. The molecule has 0 aliphatic rings. The van der Waals surface area contributed by atoms with Crippen LogP contribution < -0.4 is 10.7 Å². The number of carboxylic acid groups (broad SMARTS) is 2. The maximum atomic E-state index is 12.4. The molecule has 0 unspecified atom stereocenters. The Morgan fingerprint density at radius 2 is 1.30 bits per heavy atom. The molecule has 9 heteroatoms. The van der Waals surface area contributed by atoms with E-state index in [1.54, 1.807) is 6.07 Å². The molecule has 0 saturated heterocycles. The van der Waals surface area contributed by atoms with Gasteiger partial charge in [0.15, 0.2) is 11.5 Å². The number of carbonyl (C=O) groups is 4. The number of aromatic carboxylic acids is 2. The third-order valence-electron chi connectivity index (χ3n) is 3.40. The highest BCUT2D eigenvalue weighted by molar-refractivity contribution is 6.67. The van der Waals surface area contributed by atoms with Gasteiger partial charge in [-0.2, -0.15) is 5.10 Å². The molecular weight excluding hydrogens is 354 g/mol. The molecule has 0 fully saturated rings. The molecule has 0 spiro atoms. The van der Waals surface area contributed by atoms with E-state index in [9.17, 15) is 19.2 Å². The molecule has 0 atom stereocenters. The van der Waals surface area contributed by atoms with Crippen molar-refractivity contribution in [3.8, 4) is 0 Å². The molecule has 0 saturated carbocycles. The van der Waals surface area contributed by atoms with Crippen LogP contribution in [0.5, 0.6) is 0 Å². The van der Waals surface area contributed by atoms with E-state index in [0.29, 0.717) is 0 Å². The van der Waals surface area contributed by atoms with Gasteiger partial charge in [0.2, 0.25) is 0 Å². The quantitative estimate of drug-likeness (QED) is 0.332. The smallest absolute Gasteiger partial charge is 0.337 e. The van der Waals surface area contributed by atoms with Gasteiger partial charge >= 0.3 is 11.9 Å². The number of anilines is 2. The highest BCUT2D eigenvalue weighted by atomic mass is 16.4.